The molecule has 174 valence electrons. The van der Waals surface area contributed by atoms with E-state index in [1.165, 1.54) is 19.0 Å². The van der Waals surface area contributed by atoms with Gasteiger partial charge in [0.1, 0.15) is 11.6 Å². The highest BCUT2D eigenvalue weighted by molar-refractivity contribution is 5.80. The van der Waals surface area contributed by atoms with Gasteiger partial charge in [-0.25, -0.2) is 8.78 Å². The van der Waals surface area contributed by atoms with Gasteiger partial charge < -0.3 is 20.0 Å². The van der Waals surface area contributed by atoms with Crippen LogP contribution in [-0.2, 0) is 0 Å². The van der Waals surface area contributed by atoms with Crippen LogP contribution in [-0.4, -0.2) is 105 Å². The first kappa shape index (κ1) is 23.9. The molecular weight excluding hydrogens is 398 g/mol. The van der Waals surface area contributed by atoms with E-state index in [1.807, 2.05) is 7.05 Å². The van der Waals surface area contributed by atoms with E-state index in [-0.39, 0.29) is 6.04 Å². The van der Waals surface area contributed by atoms with Gasteiger partial charge in [-0.05, 0) is 39.0 Å². The van der Waals surface area contributed by atoms with Crippen molar-refractivity contribution in [3.05, 3.63) is 35.4 Å². The van der Waals surface area contributed by atoms with Gasteiger partial charge in [-0.2, -0.15) is 0 Å². The average Bonchev–Trinajstić information content (AvgIpc) is 2.98. The highest BCUT2D eigenvalue weighted by atomic mass is 19.1. The van der Waals surface area contributed by atoms with E-state index >= 15 is 0 Å². The Morgan fingerprint density at radius 2 is 1.84 bits per heavy atom. The first-order chi connectivity index (χ1) is 15.0. The fourth-order valence-corrected chi connectivity index (χ4v) is 4.67. The fourth-order valence-electron chi connectivity index (χ4n) is 4.67. The Morgan fingerprint density at radius 1 is 1.06 bits per heavy atom. The lowest BCUT2D eigenvalue weighted by Crippen LogP contribution is -2.53. The molecule has 31 heavy (non-hydrogen) atoms. The largest absolute Gasteiger partial charge is 0.355 e. The van der Waals surface area contributed by atoms with Crippen molar-refractivity contribution >= 4 is 5.96 Å². The molecule has 1 aromatic rings. The van der Waals surface area contributed by atoms with Crippen molar-refractivity contribution in [2.24, 2.45) is 4.99 Å². The van der Waals surface area contributed by atoms with Gasteiger partial charge in [0.05, 0.1) is 0 Å². The van der Waals surface area contributed by atoms with Crippen molar-refractivity contribution in [3.63, 3.8) is 0 Å². The zero-order chi connectivity index (χ0) is 22.2. The molecule has 8 heteroatoms. The van der Waals surface area contributed by atoms with Crippen molar-refractivity contribution in [2.45, 2.75) is 25.8 Å². The van der Waals surface area contributed by atoms with Crippen LogP contribution in [0.1, 0.15) is 31.4 Å². The fraction of sp³-hybridized carbons (Fsp3) is 0.696. The normalized spacial score (nSPS) is 21.2. The standard InChI is InChI=1S/C23H38F2N6/c1-4-22(20-7-6-19(24)18-21(20)25)30-14-16-31(17-15-30)23(26-2)27-8-11-29-10-5-9-28(3)12-13-29/h6-7,18,22H,4-5,8-17H2,1-3H3,(H,26,27). The van der Waals surface area contributed by atoms with Crippen LogP contribution in [0.4, 0.5) is 8.78 Å². The molecule has 0 aliphatic carbocycles. The molecule has 0 amide bonds. The maximum Gasteiger partial charge on any atom is 0.193 e. The first-order valence-corrected chi connectivity index (χ1v) is 11.6. The molecule has 2 aliphatic rings. The summed E-state index contributed by atoms with van der Waals surface area (Å²) in [5.74, 6) is -0.0398. The van der Waals surface area contributed by atoms with E-state index in [9.17, 15) is 8.78 Å². The van der Waals surface area contributed by atoms with Gasteiger partial charge in [0.2, 0.25) is 0 Å². The highest BCUT2D eigenvalue weighted by Gasteiger charge is 2.27. The maximum absolute atomic E-state index is 14.3. The van der Waals surface area contributed by atoms with Crippen LogP contribution in [0.15, 0.2) is 23.2 Å². The second kappa shape index (κ2) is 11.7. The number of hydrogen-bond donors (Lipinski definition) is 1. The molecule has 2 aliphatic heterocycles. The predicted octanol–water partition coefficient (Wildman–Crippen LogP) is 2.25. The number of nitrogens with one attached hydrogen (secondary N) is 1. The zero-order valence-electron chi connectivity index (χ0n) is 19.3. The van der Waals surface area contributed by atoms with Crippen LogP contribution in [0, 0.1) is 11.6 Å². The number of guanidine groups is 1. The number of halogens is 2. The van der Waals surface area contributed by atoms with Gasteiger partial charge in [-0.3, -0.25) is 9.89 Å². The molecule has 1 aromatic carbocycles. The molecule has 0 radical (unpaired) electrons. The van der Waals surface area contributed by atoms with Crippen LogP contribution >= 0.6 is 0 Å². The number of rotatable bonds is 6. The molecule has 1 N–H and O–H groups in total. The summed E-state index contributed by atoms with van der Waals surface area (Å²) in [7, 11) is 4.02. The van der Waals surface area contributed by atoms with Crippen molar-refractivity contribution in [1.29, 1.82) is 0 Å². The summed E-state index contributed by atoms with van der Waals surface area (Å²) < 4.78 is 27.6. The Balaban J connectivity index is 1.48. The van der Waals surface area contributed by atoms with E-state index in [0.29, 0.717) is 5.56 Å². The summed E-state index contributed by atoms with van der Waals surface area (Å²) in [6.45, 7) is 11.9. The van der Waals surface area contributed by atoms with E-state index in [0.717, 1.165) is 77.3 Å². The summed E-state index contributed by atoms with van der Waals surface area (Å²) >= 11 is 0. The molecule has 0 aromatic heterocycles. The Morgan fingerprint density at radius 3 is 2.52 bits per heavy atom. The summed E-state index contributed by atoms with van der Waals surface area (Å²) in [6, 6.07) is 3.90. The van der Waals surface area contributed by atoms with Crippen LogP contribution in [0.2, 0.25) is 0 Å². The molecule has 6 nitrogen and oxygen atoms in total. The molecule has 2 saturated heterocycles. The molecule has 1 atom stereocenters. The van der Waals surface area contributed by atoms with Crippen LogP contribution in [0.5, 0.6) is 0 Å². The molecule has 2 fully saturated rings. The average molecular weight is 437 g/mol. The Labute approximate surface area is 185 Å². The van der Waals surface area contributed by atoms with Crippen molar-refractivity contribution in [2.75, 3.05) is 79.5 Å². The third kappa shape index (κ3) is 6.60. The Kier molecular flexibility index (Phi) is 9.04. The zero-order valence-corrected chi connectivity index (χ0v) is 19.3. The smallest absolute Gasteiger partial charge is 0.193 e. The molecule has 0 bridgehead atoms. The predicted molar refractivity (Wildman–Crippen MR) is 122 cm³/mol. The van der Waals surface area contributed by atoms with E-state index in [4.69, 9.17) is 0 Å². The van der Waals surface area contributed by atoms with Crippen LogP contribution < -0.4 is 5.32 Å². The van der Waals surface area contributed by atoms with Gasteiger partial charge >= 0.3 is 0 Å². The third-order valence-electron chi connectivity index (χ3n) is 6.50. The van der Waals surface area contributed by atoms with Crippen molar-refractivity contribution < 1.29 is 8.78 Å². The molecule has 1 unspecified atom stereocenters. The number of hydrogen-bond acceptors (Lipinski definition) is 4. The van der Waals surface area contributed by atoms with Crippen LogP contribution in [0.25, 0.3) is 0 Å². The Bertz CT molecular complexity index is 720. The summed E-state index contributed by atoms with van der Waals surface area (Å²) in [4.78, 5) is 14.0. The monoisotopic (exact) mass is 436 g/mol. The molecule has 0 saturated carbocycles. The van der Waals surface area contributed by atoms with Gasteiger partial charge in [0.15, 0.2) is 5.96 Å². The van der Waals surface area contributed by atoms with Crippen molar-refractivity contribution in [3.8, 4) is 0 Å². The molecule has 0 spiro atoms. The Hall–Kier alpha value is -1.77. The van der Waals surface area contributed by atoms with E-state index in [2.05, 4.69) is 43.9 Å². The maximum atomic E-state index is 14.3. The lowest BCUT2D eigenvalue weighted by atomic mass is 10.0. The number of nitrogens with zero attached hydrogens (tertiary/aromatic N) is 5. The third-order valence-corrected chi connectivity index (χ3v) is 6.50. The summed E-state index contributed by atoms with van der Waals surface area (Å²) in [5.41, 5.74) is 0.586. The minimum absolute atomic E-state index is 0.0288. The minimum atomic E-state index is -0.525. The van der Waals surface area contributed by atoms with Gasteiger partial charge in [-0.15, -0.1) is 0 Å². The topological polar surface area (TPSA) is 37.4 Å². The summed E-state index contributed by atoms with van der Waals surface area (Å²) in [6.07, 6.45) is 2.01. The van der Waals surface area contributed by atoms with Gasteiger partial charge in [0.25, 0.3) is 0 Å². The van der Waals surface area contributed by atoms with E-state index < -0.39 is 11.6 Å². The lowest BCUT2D eigenvalue weighted by molar-refractivity contribution is 0.124. The van der Waals surface area contributed by atoms with E-state index in [1.54, 1.807) is 6.07 Å². The number of aliphatic imine (C=N–C) groups is 1. The summed E-state index contributed by atoms with van der Waals surface area (Å²) in [5, 5.41) is 3.52. The molecular formula is C23H38F2N6. The number of likely N-dealkylation sites (N-methyl/N-ethyl adjacent to an activating group) is 1. The first-order valence-electron chi connectivity index (χ1n) is 11.6. The number of benzene rings is 1. The lowest BCUT2D eigenvalue weighted by Gasteiger charge is -2.40. The minimum Gasteiger partial charge on any atom is -0.355 e. The molecule has 2 heterocycles. The van der Waals surface area contributed by atoms with Gasteiger partial charge in [-0.1, -0.05) is 13.0 Å². The quantitative estimate of drug-likeness (QED) is 0.547. The number of piperazine rings is 1. The van der Waals surface area contributed by atoms with Crippen molar-refractivity contribution in [1.82, 2.24) is 24.9 Å². The van der Waals surface area contributed by atoms with Crippen LogP contribution in [0.3, 0.4) is 0 Å². The van der Waals surface area contributed by atoms with Gasteiger partial charge in [0, 0.05) is 77.1 Å². The molecule has 3 rings (SSSR count). The highest BCUT2D eigenvalue weighted by Crippen LogP contribution is 2.28. The second-order valence-electron chi connectivity index (χ2n) is 8.59. The second-order valence-corrected chi connectivity index (χ2v) is 8.59. The SMILES string of the molecule is CCC(c1ccc(F)cc1F)N1CCN(C(=NC)NCCN2CCCN(C)CC2)CC1.